The van der Waals surface area contributed by atoms with Crippen LogP contribution in [0.15, 0.2) is 48.5 Å². The van der Waals surface area contributed by atoms with Crippen LogP contribution in [-0.4, -0.2) is 31.1 Å². The lowest BCUT2D eigenvalue weighted by molar-refractivity contribution is 0.223. The Morgan fingerprint density at radius 1 is 0.958 bits per heavy atom. The van der Waals surface area contributed by atoms with Gasteiger partial charge in [0.15, 0.2) is 0 Å². The van der Waals surface area contributed by atoms with Gasteiger partial charge < -0.3 is 9.64 Å². The molecule has 0 saturated carbocycles. The zero-order valence-electron chi connectivity index (χ0n) is 15.0. The molecule has 0 aliphatic rings. The Balaban J connectivity index is 1.99. The van der Waals surface area contributed by atoms with Crippen molar-refractivity contribution < 1.29 is 4.74 Å². The first-order valence-corrected chi connectivity index (χ1v) is 9.26. The summed E-state index contributed by atoms with van der Waals surface area (Å²) in [6, 6.07) is 16.6. The quantitative estimate of drug-likeness (QED) is 0.586. The van der Waals surface area contributed by atoms with Crippen LogP contribution in [0.3, 0.4) is 0 Å². The average molecular weight is 346 g/mol. The predicted molar refractivity (Wildman–Crippen MR) is 103 cm³/mol. The van der Waals surface area contributed by atoms with E-state index in [1.807, 2.05) is 12.1 Å². The normalized spacial score (nSPS) is 12.4. The van der Waals surface area contributed by atoms with Gasteiger partial charge in [-0.1, -0.05) is 56.6 Å². The average Bonchev–Trinajstić information content (AvgIpc) is 2.61. The fourth-order valence-corrected chi connectivity index (χ4v) is 3.21. The van der Waals surface area contributed by atoms with E-state index in [4.69, 9.17) is 16.3 Å². The van der Waals surface area contributed by atoms with Gasteiger partial charge in [0.1, 0.15) is 12.4 Å². The van der Waals surface area contributed by atoms with Crippen LogP contribution in [0.2, 0.25) is 5.02 Å². The summed E-state index contributed by atoms with van der Waals surface area (Å²) in [5.41, 5.74) is 2.57. The molecule has 1 atom stereocenters. The number of ether oxygens (including phenoxy) is 1. The van der Waals surface area contributed by atoms with Crippen LogP contribution < -0.4 is 4.74 Å². The summed E-state index contributed by atoms with van der Waals surface area (Å²) in [7, 11) is 0. The molecule has 2 aromatic carbocycles. The van der Waals surface area contributed by atoms with Crippen molar-refractivity contribution in [3.8, 4) is 5.75 Å². The second-order valence-corrected chi connectivity index (χ2v) is 6.40. The Hall–Kier alpha value is -1.51. The molecule has 0 saturated heterocycles. The highest BCUT2D eigenvalue weighted by atomic mass is 35.5. The molecular formula is C21H28ClNO. The molecular weight excluding hydrogens is 318 g/mol. The van der Waals surface area contributed by atoms with E-state index < -0.39 is 0 Å². The van der Waals surface area contributed by atoms with E-state index in [9.17, 15) is 0 Å². The number of benzene rings is 2. The maximum Gasteiger partial charge on any atom is 0.119 e. The zero-order valence-corrected chi connectivity index (χ0v) is 15.7. The highest BCUT2D eigenvalue weighted by molar-refractivity contribution is 6.30. The summed E-state index contributed by atoms with van der Waals surface area (Å²) in [6.07, 6.45) is 1.04. The minimum atomic E-state index is 0.369. The number of hydrogen-bond donors (Lipinski definition) is 0. The van der Waals surface area contributed by atoms with E-state index in [1.165, 1.54) is 11.1 Å². The van der Waals surface area contributed by atoms with Gasteiger partial charge in [-0.2, -0.15) is 0 Å². The van der Waals surface area contributed by atoms with Crippen molar-refractivity contribution in [2.45, 2.75) is 33.1 Å². The molecule has 0 radical (unpaired) electrons. The number of hydrogen-bond acceptors (Lipinski definition) is 2. The third kappa shape index (κ3) is 5.25. The molecule has 24 heavy (non-hydrogen) atoms. The van der Waals surface area contributed by atoms with Gasteiger partial charge >= 0.3 is 0 Å². The van der Waals surface area contributed by atoms with Crippen molar-refractivity contribution in [1.29, 1.82) is 0 Å². The molecule has 2 nitrogen and oxygen atoms in total. The van der Waals surface area contributed by atoms with Crippen molar-refractivity contribution in [1.82, 2.24) is 4.90 Å². The molecule has 2 rings (SSSR count). The van der Waals surface area contributed by atoms with Crippen LogP contribution >= 0.6 is 11.6 Å². The summed E-state index contributed by atoms with van der Waals surface area (Å²) in [5, 5.41) is 0.794. The molecule has 0 spiro atoms. The summed E-state index contributed by atoms with van der Waals surface area (Å²) in [4.78, 5) is 2.36. The molecule has 0 N–H and O–H groups in total. The van der Waals surface area contributed by atoms with Crippen molar-refractivity contribution in [3.63, 3.8) is 0 Å². The molecule has 0 heterocycles. The van der Waals surface area contributed by atoms with Crippen molar-refractivity contribution >= 4 is 11.6 Å². The summed E-state index contributed by atoms with van der Waals surface area (Å²) in [6.45, 7) is 10.4. The fraction of sp³-hybridized carbons (Fsp3) is 0.429. The highest BCUT2D eigenvalue weighted by Crippen LogP contribution is 2.30. The molecule has 0 aliphatic heterocycles. The SMILES string of the molecule is CCC(c1ccc(OCCN(CC)CC)cc1)c1cccc(Cl)c1. The van der Waals surface area contributed by atoms with Crippen LogP contribution in [0, 0.1) is 0 Å². The third-order valence-electron chi connectivity index (χ3n) is 4.51. The maximum absolute atomic E-state index is 6.14. The van der Waals surface area contributed by atoms with Crippen LogP contribution in [0.1, 0.15) is 44.2 Å². The summed E-state index contributed by atoms with van der Waals surface area (Å²) in [5.74, 6) is 1.31. The first-order chi connectivity index (χ1) is 11.7. The Labute approximate surface area is 151 Å². The number of nitrogens with zero attached hydrogens (tertiary/aromatic N) is 1. The highest BCUT2D eigenvalue weighted by Gasteiger charge is 2.12. The predicted octanol–water partition coefficient (Wildman–Crippen LogP) is 5.60. The second kappa shape index (κ2) is 9.71. The lowest BCUT2D eigenvalue weighted by Crippen LogP contribution is -2.27. The van der Waals surface area contributed by atoms with Gasteiger partial charge in [-0.3, -0.25) is 0 Å². The maximum atomic E-state index is 6.14. The minimum absolute atomic E-state index is 0.369. The van der Waals surface area contributed by atoms with Gasteiger partial charge in [0.2, 0.25) is 0 Å². The Morgan fingerprint density at radius 2 is 1.67 bits per heavy atom. The monoisotopic (exact) mass is 345 g/mol. The van der Waals surface area contributed by atoms with Gasteiger partial charge in [-0.25, -0.2) is 0 Å². The van der Waals surface area contributed by atoms with Crippen LogP contribution in [0.25, 0.3) is 0 Å². The van der Waals surface area contributed by atoms with Gasteiger partial charge in [0.25, 0.3) is 0 Å². The first kappa shape index (κ1) is 18.8. The van der Waals surface area contributed by atoms with Gasteiger partial charge in [0.05, 0.1) is 0 Å². The van der Waals surface area contributed by atoms with E-state index in [1.54, 1.807) is 0 Å². The topological polar surface area (TPSA) is 12.5 Å². The smallest absolute Gasteiger partial charge is 0.119 e. The second-order valence-electron chi connectivity index (χ2n) is 5.96. The molecule has 130 valence electrons. The lowest BCUT2D eigenvalue weighted by Gasteiger charge is -2.19. The van der Waals surface area contributed by atoms with Crippen LogP contribution in [0.5, 0.6) is 5.75 Å². The molecule has 0 aromatic heterocycles. The Kier molecular flexibility index (Phi) is 7.61. The summed E-state index contributed by atoms with van der Waals surface area (Å²) < 4.78 is 5.87. The standard InChI is InChI=1S/C21H28ClNO/c1-4-21(18-8-7-9-19(22)16-18)17-10-12-20(13-11-17)24-15-14-23(5-2)6-3/h7-13,16,21H,4-6,14-15H2,1-3H3. The van der Waals surface area contributed by atoms with Gasteiger partial charge in [-0.15, -0.1) is 0 Å². The zero-order chi connectivity index (χ0) is 17.4. The van der Waals surface area contributed by atoms with Crippen molar-refractivity contribution in [2.24, 2.45) is 0 Å². The Morgan fingerprint density at radius 3 is 2.25 bits per heavy atom. The first-order valence-electron chi connectivity index (χ1n) is 8.88. The molecule has 3 heteroatoms. The lowest BCUT2D eigenvalue weighted by atomic mass is 9.89. The molecule has 2 aromatic rings. The molecule has 0 amide bonds. The van der Waals surface area contributed by atoms with Crippen molar-refractivity contribution in [3.05, 3.63) is 64.7 Å². The van der Waals surface area contributed by atoms with E-state index in [2.05, 4.69) is 62.1 Å². The molecule has 0 bridgehead atoms. The van der Waals surface area contributed by atoms with Crippen LogP contribution in [0.4, 0.5) is 0 Å². The molecule has 1 unspecified atom stereocenters. The van der Waals surface area contributed by atoms with E-state index in [-0.39, 0.29) is 0 Å². The van der Waals surface area contributed by atoms with Crippen LogP contribution in [-0.2, 0) is 0 Å². The number of halogens is 1. The Bertz CT molecular complexity index is 607. The number of rotatable bonds is 9. The van der Waals surface area contributed by atoms with E-state index in [0.29, 0.717) is 5.92 Å². The molecule has 0 aliphatic carbocycles. The number of likely N-dealkylation sites (N-methyl/N-ethyl adjacent to an activating group) is 1. The van der Waals surface area contributed by atoms with Gasteiger partial charge in [-0.05, 0) is 54.9 Å². The fourth-order valence-electron chi connectivity index (χ4n) is 3.02. The third-order valence-corrected chi connectivity index (χ3v) is 4.75. The van der Waals surface area contributed by atoms with Gasteiger partial charge in [0, 0.05) is 17.5 Å². The van der Waals surface area contributed by atoms with E-state index >= 15 is 0 Å². The molecule has 0 fully saturated rings. The largest absolute Gasteiger partial charge is 0.492 e. The van der Waals surface area contributed by atoms with Crippen molar-refractivity contribution in [2.75, 3.05) is 26.2 Å². The minimum Gasteiger partial charge on any atom is -0.492 e. The van der Waals surface area contributed by atoms with E-state index in [0.717, 1.165) is 43.4 Å². The summed E-state index contributed by atoms with van der Waals surface area (Å²) >= 11 is 6.14.